The molecule has 0 aliphatic carbocycles. The fourth-order valence-corrected chi connectivity index (χ4v) is 2.06. The average molecular weight is 269 g/mol. The maximum atomic E-state index is 12.1. The van der Waals surface area contributed by atoms with E-state index in [1.54, 1.807) is 39.9 Å². The molecule has 0 aromatic carbocycles. The van der Waals surface area contributed by atoms with E-state index in [1.165, 1.54) is 0 Å². The van der Waals surface area contributed by atoms with Gasteiger partial charge in [0.1, 0.15) is 5.52 Å². The number of pyridine rings is 1. The minimum absolute atomic E-state index is 0.0235. The Morgan fingerprint density at radius 3 is 2.95 bits per heavy atom. The molecular weight excluding hydrogens is 254 g/mol. The van der Waals surface area contributed by atoms with Crippen LogP contribution in [0.5, 0.6) is 0 Å². The Morgan fingerprint density at radius 1 is 1.15 bits per heavy atom. The maximum Gasteiger partial charge on any atom is 0.276 e. The molecule has 1 N–H and O–H groups in total. The van der Waals surface area contributed by atoms with Crippen LogP contribution < -0.4 is 10.9 Å². The Kier molecular flexibility index (Phi) is 3.56. The first-order valence-electron chi connectivity index (χ1n) is 6.48. The Bertz CT molecular complexity index is 747. The van der Waals surface area contributed by atoms with Gasteiger partial charge in [0.05, 0.1) is 11.9 Å². The molecule has 0 fully saturated rings. The molecular formula is C14H15N5O. The zero-order chi connectivity index (χ0) is 13.8. The standard InChI is InChI=1S/C14H15N5O/c20-14-13-4-6-17-19(13)10-9-18(14)8-7-15-11-12-3-1-2-5-16-12/h1-6,9-10,15H,7-8,11H2. The van der Waals surface area contributed by atoms with E-state index in [2.05, 4.69) is 15.4 Å². The van der Waals surface area contributed by atoms with Gasteiger partial charge in [-0.25, -0.2) is 4.52 Å². The van der Waals surface area contributed by atoms with E-state index in [1.807, 2.05) is 18.2 Å². The summed E-state index contributed by atoms with van der Waals surface area (Å²) < 4.78 is 3.27. The molecule has 0 saturated heterocycles. The quantitative estimate of drug-likeness (QED) is 0.692. The predicted octanol–water partition coefficient (Wildman–Crippen LogP) is 0.681. The number of nitrogens with zero attached hydrogens (tertiary/aromatic N) is 4. The van der Waals surface area contributed by atoms with Crippen LogP contribution in [0.3, 0.4) is 0 Å². The van der Waals surface area contributed by atoms with Gasteiger partial charge in [0.2, 0.25) is 0 Å². The van der Waals surface area contributed by atoms with Crippen molar-refractivity contribution in [3.8, 4) is 0 Å². The summed E-state index contributed by atoms with van der Waals surface area (Å²) in [5.41, 5.74) is 1.56. The van der Waals surface area contributed by atoms with Gasteiger partial charge in [0.15, 0.2) is 0 Å². The highest BCUT2D eigenvalue weighted by Gasteiger charge is 2.02. The lowest BCUT2D eigenvalue weighted by Crippen LogP contribution is -2.27. The second-order valence-electron chi connectivity index (χ2n) is 4.46. The van der Waals surface area contributed by atoms with E-state index in [9.17, 15) is 4.79 Å². The number of nitrogens with one attached hydrogen (secondary N) is 1. The van der Waals surface area contributed by atoms with Crippen molar-refractivity contribution in [2.45, 2.75) is 13.1 Å². The normalized spacial score (nSPS) is 11.0. The molecule has 0 spiro atoms. The van der Waals surface area contributed by atoms with Gasteiger partial charge in [-0.2, -0.15) is 5.10 Å². The molecule has 0 aliphatic rings. The lowest BCUT2D eigenvalue weighted by molar-refractivity contribution is 0.578. The molecule has 3 aromatic heterocycles. The van der Waals surface area contributed by atoms with Gasteiger partial charge in [0, 0.05) is 38.2 Å². The highest BCUT2D eigenvalue weighted by molar-refractivity contribution is 5.42. The van der Waals surface area contributed by atoms with E-state index < -0.39 is 0 Å². The van der Waals surface area contributed by atoms with E-state index in [-0.39, 0.29) is 5.56 Å². The molecule has 6 nitrogen and oxygen atoms in total. The monoisotopic (exact) mass is 269 g/mol. The van der Waals surface area contributed by atoms with Gasteiger partial charge in [-0.3, -0.25) is 9.78 Å². The second kappa shape index (κ2) is 5.66. The summed E-state index contributed by atoms with van der Waals surface area (Å²) in [6.45, 7) is 2.03. The summed E-state index contributed by atoms with van der Waals surface area (Å²) in [6.07, 6.45) is 6.94. The summed E-state index contributed by atoms with van der Waals surface area (Å²) in [5, 5.41) is 7.31. The number of rotatable bonds is 5. The molecule has 3 heterocycles. The fraction of sp³-hybridized carbons (Fsp3) is 0.214. The van der Waals surface area contributed by atoms with Crippen LogP contribution in [-0.2, 0) is 13.1 Å². The molecule has 102 valence electrons. The van der Waals surface area contributed by atoms with Gasteiger partial charge < -0.3 is 9.88 Å². The van der Waals surface area contributed by atoms with E-state index >= 15 is 0 Å². The SMILES string of the molecule is O=c1c2ccnn2ccn1CCNCc1ccccn1. The Morgan fingerprint density at radius 2 is 2.10 bits per heavy atom. The molecule has 0 unspecified atom stereocenters. The summed E-state index contributed by atoms with van der Waals surface area (Å²) in [5.74, 6) is 0. The van der Waals surface area contributed by atoms with Crippen LogP contribution >= 0.6 is 0 Å². The molecule has 0 amide bonds. The molecule has 0 aliphatic heterocycles. The van der Waals surface area contributed by atoms with Gasteiger partial charge in [-0.05, 0) is 18.2 Å². The van der Waals surface area contributed by atoms with Crippen molar-refractivity contribution in [1.82, 2.24) is 24.5 Å². The lowest BCUT2D eigenvalue weighted by Gasteiger charge is -2.07. The van der Waals surface area contributed by atoms with Crippen LogP contribution in [0, 0.1) is 0 Å². The number of fused-ring (bicyclic) bond motifs is 1. The average Bonchev–Trinajstić information content (AvgIpc) is 2.96. The first kappa shape index (κ1) is 12.6. The highest BCUT2D eigenvalue weighted by Crippen LogP contribution is 1.95. The summed E-state index contributed by atoms with van der Waals surface area (Å²) in [7, 11) is 0. The number of hydrogen-bond donors (Lipinski definition) is 1. The van der Waals surface area contributed by atoms with Gasteiger partial charge >= 0.3 is 0 Å². The van der Waals surface area contributed by atoms with Crippen LogP contribution in [-0.4, -0.2) is 25.7 Å². The summed E-state index contributed by atoms with van der Waals surface area (Å²) in [4.78, 5) is 16.3. The zero-order valence-electron chi connectivity index (χ0n) is 10.9. The third-order valence-corrected chi connectivity index (χ3v) is 3.10. The molecule has 3 aromatic rings. The zero-order valence-corrected chi connectivity index (χ0v) is 10.9. The first-order valence-corrected chi connectivity index (χ1v) is 6.48. The third-order valence-electron chi connectivity index (χ3n) is 3.10. The van der Waals surface area contributed by atoms with Crippen molar-refractivity contribution in [2.24, 2.45) is 0 Å². The number of hydrogen-bond acceptors (Lipinski definition) is 4. The smallest absolute Gasteiger partial charge is 0.276 e. The van der Waals surface area contributed by atoms with Gasteiger partial charge in [-0.1, -0.05) is 6.07 Å². The van der Waals surface area contributed by atoms with Crippen molar-refractivity contribution in [2.75, 3.05) is 6.54 Å². The lowest BCUT2D eigenvalue weighted by atomic mass is 10.3. The van der Waals surface area contributed by atoms with Crippen molar-refractivity contribution < 1.29 is 0 Å². The van der Waals surface area contributed by atoms with Crippen LogP contribution in [0.25, 0.3) is 5.52 Å². The minimum atomic E-state index is -0.0235. The van der Waals surface area contributed by atoms with Crippen molar-refractivity contribution >= 4 is 5.52 Å². The topological polar surface area (TPSA) is 64.2 Å². The van der Waals surface area contributed by atoms with Gasteiger partial charge in [0.25, 0.3) is 5.56 Å². The van der Waals surface area contributed by atoms with E-state index in [0.717, 1.165) is 5.69 Å². The minimum Gasteiger partial charge on any atom is -0.311 e. The van der Waals surface area contributed by atoms with E-state index in [0.29, 0.717) is 25.2 Å². The molecule has 20 heavy (non-hydrogen) atoms. The highest BCUT2D eigenvalue weighted by atomic mass is 16.1. The largest absolute Gasteiger partial charge is 0.311 e. The van der Waals surface area contributed by atoms with Crippen LogP contribution in [0.4, 0.5) is 0 Å². The third kappa shape index (κ3) is 2.60. The molecule has 0 bridgehead atoms. The Balaban J connectivity index is 1.60. The Hall–Kier alpha value is -2.47. The van der Waals surface area contributed by atoms with Crippen LogP contribution in [0.2, 0.25) is 0 Å². The van der Waals surface area contributed by atoms with Crippen LogP contribution in [0.15, 0.2) is 53.8 Å². The molecule has 6 heteroatoms. The summed E-state index contributed by atoms with van der Waals surface area (Å²) in [6, 6.07) is 7.55. The second-order valence-corrected chi connectivity index (χ2v) is 4.46. The maximum absolute atomic E-state index is 12.1. The van der Waals surface area contributed by atoms with Crippen molar-refractivity contribution in [3.63, 3.8) is 0 Å². The summed E-state index contributed by atoms with van der Waals surface area (Å²) >= 11 is 0. The first-order chi connectivity index (χ1) is 9.84. The fourth-order valence-electron chi connectivity index (χ4n) is 2.06. The number of aromatic nitrogens is 4. The Labute approximate surface area is 115 Å². The predicted molar refractivity (Wildman–Crippen MR) is 75.4 cm³/mol. The van der Waals surface area contributed by atoms with Gasteiger partial charge in [-0.15, -0.1) is 0 Å². The molecule has 3 rings (SSSR count). The molecule has 0 atom stereocenters. The van der Waals surface area contributed by atoms with Crippen molar-refractivity contribution in [1.29, 1.82) is 0 Å². The van der Waals surface area contributed by atoms with Crippen LogP contribution in [0.1, 0.15) is 5.69 Å². The van der Waals surface area contributed by atoms with E-state index in [4.69, 9.17) is 0 Å². The van der Waals surface area contributed by atoms with Crippen molar-refractivity contribution in [3.05, 3.63) is 65.1 Å². The molecule has 0 radical (unpaired) electrons. The molecule has 0 saturated carbocycles.